The summed E-state index contributed by atoms with van der Waals surface area (Å²) in [5.41, 5.74) is 1.35. The van der Waals surface area contributed by atoms with Gasteiger partial charge in [0.2, 0.25) is 0 Å². The highest BCUT2D eigenvalue weighted by atomic mass is 32.2. The number of benzene rings is 3. The molecule has 0 amide bonds. The van der Waals surface area contributed by atoms with Gasteiger partial charge >= 0.3 is 5.97 Å². The van der Waals surface area contributed by atoms with Gasteiger partial charge in [-0.2, -0.15) is 0 Å². The first-order valence-corrected chi connectivity index (χ1v) is 10.3. The van der Waals surface area contributed by atoms with Crippen LogP contribution in [0.4, 0.5) is 4.39 Å². The molecule has 0 unspecified atom stereocenters. The summed E-state index contributed by atoms with van der Waals surface area (Å²) in [6.07, 6.45) is -0.116. The highest BCUT2D eigenvalue weighted by Gasteiger charge is 2.15. The van der Waals surface area contributed by atoms with Crippen LogP contribution in [0.1, 0.15) is 25.0 Å². The van der Waals surface area contributed by atoms with E-state index in [0.29, 0.717) is 28.0 Å². The van der Waals surface area contributed by atoms with Gasteiger partial charge in [-0.1, -0.05) is 26.0 Å². The Kier molecular flexibility index (Phi) is 6.77. The van der Waals surface area contributed by atoms with Crippen LogP contribution in [0, 0.1) is 12.7 Å². The van der Waals surface area contributed by atoms with Crippen LogP contribution in [-0.4, -0.2) is 28.5 Å². The zero-order valence-corrected chi connectivity index (χ0v) is 17.6. The minimum atomic E-state index is -0.918. The summed E-state index contributed by atoms with van der Waals surface area (Å²) in [6, 6.07) is 13.9. The van der Waals surface area contributed by atoms with E-state index in [9.17, 15) is 14.3 Å². The van der Waals surface area contributed by atoms with Crippen LogP contribution in [0.2, 0.25) is 0 Å². The maximum atomic E-state index is 13.9. The molecule has 152 valence electrons. The van der Waals surface area contributed by atoms with Gasteiger partial charge in [-0.15, -0.1) is 0 Å². The smallest absolute Gasteiger partial charge is 0.307 e. The van der Waals surface area contributed by atoms with E-state index in [1.807, 2.05) is 31.2 Å². The summed E-state index contributed by atoms with van der Waals surface area (Å²) < 4.78 is 22.3. The number of hydrogen-bond acceptors (Lipinski definition) is 4. The Morgan fingerprint density at radius 3 is 2.41 bits per heavy atom. The Hall–Kier alpha value is -2.57. The molecule has 3 aromatic rings. The maximum Gasteiger partial charge on any atom is 0.307 e. The highest BCUT2D eigenvalue weighted by molar-refractivity contribution is 7.97. The lowest BCUT2D eigenvalue weighted by Crippen LogP contribution is -2.13. The molecule has 4 nitrogen and oxygen atoms in total. The third kappa shape index (κ3) is 5.08. The Bertz CT molecular complexity index is 1020. The molecule has 0 aliphatic carbocycles. The molecule has 1 N–H and O–H groups in total. The molecular weight excluding hydrogens is 389 g/mol. The molecule has 0 spiro atoms. The molecule has 0 aromatic heterocycles. The summed E-state index contributed by atoms with van der Waals surface area (Å²) in [4.78, 5) is 12.4. The zero-order chi connectivity index (χ0) is 21.0. The maximum absolute atomic E-state index is 13.9. The van der Waals surface area contributed by atoms with Gasteiger partial charge in [-0.05, 0) is 71.8 Å². The molecule has 0 saturated heterocycles. The first kappa shape index (κ1) is 21.1. The molecule has 0 saturated carbocycles. The minimum Gasteiger partial charge on any atom is -0.481 e. The number of fused-ring (bicyclic) bond motifs is 1. The third-order valence-corrected chi connectivity index (χ3v) is 5.99. The number of ether oxygens (including phenoxy) is 1. The second-order valence-electron chi connectivity index (χ2n) is 6.70. The van der Waals surface area contributed by atoms with Crippen molar-refractivity contribution in [2.75, 3.05) is 13.1 Å². The van der Waals surface area contributed by atoms with Gasteiger partial charge in [0, 0.05) is 23.4 Å². The van der Waals surface area contributed by atoms with Crippen molar-refractivity contribution in [1.82, 2.24) is 4.31 Å². The summed E-state index contributed by atoms with van der Waals surface area (Å²) in [5, 5.41) is 10.6. The molecule has 3 rings (SSSR count). The van der Waals surface area contributed by atoms with Gasteiger partial charge in [0.15, 0.2) is 0 Å². The molecule has 0 aliphatic heterocycles. The second-order valence-corrected chi connectivity index (χ2v) is 7.88. The zero-order valence-electron chi connectivity index (χ0n) is 16.7. The van der Waals surface area contributed by atoms with Crippen molar-refractivity contribution in [3.8, 4) is 11.5 Å². The first-order chi connectivity index (χ1) is 13.9. The Labute approximate surface area is 174 Å². The van der Waals surface area contributed by atoms with Crippen LogP contribution < -0.4 is 4.74 Å². The van der Waals surface area contributed by atoms with Crippen molar-refractivity contribution in [3.63, 3.8) is 0 Å². The number of aliphatic carboxylic acids is 1. The van der Waals surface area contributed by atoms with E-state index < -0.39 is 5.97 Å². The lowest BCUT2D eigenvalue weighted by molar-refractivity contribution is -0.136. The number of halogens is 1. The van der Waals surface area contributed by atoms with Gasteiger partial charge in [0.25, 0.3) is 0 Å². The average Bonchev–Trinajstić information content (AvgIpc) is 2.70. The van der Waals surface area contributed by atoms with Gasteiger partial charge in [0.05, 0.1) is 6.42 Å². The number of carboxylic acids is 1. The fourth-order valence-electron chi connectivity index (χ4n) is 3.16. The van der Waals surface area contributed by atoms with Crippen molar-refractivity contribution >= 4 is 28.7 Å². The Morgan fingerprint density at radius 1 is 1.10 bits per heavy atom. The number of carboxylic acid groups (broad SMARTS) is 1. The SMILES string of the molecule is CCN(CC)Sc1ccc(Oc2c(C)c(CC(=O)O)cc3ccc(F)cc23)cc1. The normalized spacial score (nSPS) is 11.2. The molecule has 0 aliphatic rings. The van der Waals surface area contributed by atoms with E-state index in [4.69, 9.17) is 4.74 Å². The Morgan fingerprint density at radius 2 is 1.79 bits per heavy atom. The first-order valence-electron chi connectivity index (χ1n) is 9.55. The number of nitrogens with zero attached hydrogens (tertiary/aromatic N) is 1. The van der Waals surface area contributed by atoms with Crippen LogP contribution in [0.25, 0.3) is 10.8 Å². The van der Waals surface area contributed by atoms with Crippen LogP contribution in [-0.2, 0) is 11.2 Å². The fraction of sp³-hybridized carbons (Fsp3) is 0.261. The molecule has 0 radical (unpaired) electrons. The largest absolute Gasteiger partial charge is 0.481 e. The third-order valence-electron chi connectivity index (χ3n) is 4.74. The molecule has 0 fully saturated rings. The van der Waals surface area contributed by atoms with Crippen LogP contribution in [0.15, 0.2) is 53.4 Å². The van der Waals surface area contributed by atoms with Crippen molar-refractivity contribution < 1.29 is 19.0 Å². The van der Waals surface area contributed by atoms with Gasteiger partial charge < -0.3 is 9.84 Å². The van der Waals surface area contributed by atoms with Crippen molar-refractivity contribution in [2.45, 2.75) is 32.1 Å². The van der Waals surface area contributed by atoms with E-state index in [1.54, 1.807) is 24.1 Å². The van der Waals surface area contributed by atoms with Crippen molar-refractivity contribution in [1.29, 1.82) is 0 Å². The summed E-state index contributed by atoms with van der Waals surface area (Å²) >= 11 is 1.68. The van der Waals surface area contributed by atoms with E-state index in [-0.39, 0.29) is 12.2 Å². The summed E-state index contributed by atoms with van der Waals surface area (Å²) in [7, 11) is 0. The number of carbonyl (C=O) groups is 1. The van der Waals surface area contributed by atoms with Crippen molar-refractivity contribution in [3.05, 3.63) is 65.5 Å². The fourth-order valence-corrected chi connectivity index (χ4v) is 3.98. The topological polar surface area (TPSA) is 49.8 Å². The van der Waals surface area contributed by atoms with E-state index in [0.717, 1.165) is 23.4 Å². The number of hydrogen-bond donors (Lipinski definition) is 1. The van der Waals surface area contributed by atoms with Crippen LogP contribution >= 0.6 is 11.9 Å². The van der Waals surface area contributed by atoms with Gasteiger partial charge in [0.1, 0.15) is 17.3 Å². The predicted molar refractivity (Wildman–Crippen MR) is 115 cm³/mol. The molecular formula is C23H24FNO3S. The monoisotopic (exact) mass is 413 g/mol. The van der Waals surface area contributed by atoms with E-state index >= 15 is 0 Å². The van der Waals surface area contributed by atoms with Crippen molar-refractivity contribution in [2.24, 2.45) is 0 Å². The molecule has 0 atom stereocenters. The minimum absolute atomic E-state index is 0.116. The molecule has 0 bridgehead atoms. The van der Waals surface area contributed by atoms with Crippen LogP contribution in [0.5, 0.6) is 11.5 Å². The summed E-state index contributed by atoms with van der Waals surface area (Å²) in [5.74, 6) is -0.172. The highest BCUT2D eigenvalue weighted by Crippen LogP contribution is 2.37. The van der Waals surface area contributed by atoms with E-state index in [1.165, 1.54) is 12.1 Å². The average molecular weight is 414 g/mol. The standard InChI is InChI=1S/C23H24FNO3S/c1-4-25(5-2)29-20-10-8-19(9-11-20)28-23-15(3)17(13-22(26)27)12-16-6-7-18(24)14-21(16)23/h6-12,14H,4-5,13H2,1-3H3,(H,26,27). The Balaban J connectivity index is 1.97. The number of rotatable bonds is 8. The van der Waals surface area contributed by atoms with Gasteiger partial charge in [-0.3, -0.25) is 4.79 Å². The summed E-state index contributed by atoms with van der Waals surface area (Å²) in [6.45, 7) is 7.94. The van der Waals surface area contributed by atoms with Crippen LogP contribution in [0.3, 0.4) is 0 Å². The second kappa shape index (κ2) is 9.29. The predicted octanol–water partition coefficient (Wildman–Crippen LogP) is 6.06. The molecule has 29 heavy (non-hydrogen) atoms. The lowest BCUT2D eigenvalue weighted by Gasteiger charge is -2.18. The van der Waals surface area contributed by atoms with Gasteiger partial charge in [-0.25, -0.2) is 8.70 Å². The molecule has 0 heterocycles. The molecule has 6 heteroatoms. The lowest BCUT2D eigenvalue weighted by atomic mass is 9.98. The van der Waals surface area contributed by atoms with E-state index in [2.05, 4.69) is 18.2 Å². The quantitative estimate of drug-likeness (QED) is 0.455. The molecule has 3 aromatic carbocycles.